The highest BCUT2D eigenvalue weighted by Crippen LogP contribution is 2.21. The van der Waals surface area contributed by atoms with E-state index in [1.165, 1.54) is 37.6 Å². The number of carbonyl (C=O) groups is 1. The third-order valence-electron chi connectivity index (χ3n) is 2.72. The van der Waals surface area contributed by atoms with Crippen LogP contribution < -0.4 is 14.8 Å². The van der Waals surface area contributed by atoms with Crippen LogP contribution in [0.25, 0.3) is 0 Å². The lowest BCUT2D eigenvalue weighted by Crippen LogP contribution is -2.19. The van der Waals surface area contributed by atoms with Crippen LogP contribution in [0.5, 0.6) is 11.6 Å². The number of amides is 1. The lowest BCUT2D eigenvalue weighted by molar-refractivity contribution is -0.153. The first kappa shape index (κ1) is 16.6. The van der Waals surface area contributed by atoms with Crippen molar-refractivity contribution < 1.29 is 27.4 Å². The van der Waals surface area contributed by atoms with Crippen molar-refractivity contribution in [2.24, 2.45) is 0 Å². The van der Waals surface area contributed by atoms with Gasteiger partial charge >= 0.3 is 6.18 Å². The van der Waals surface area contributed by atoms with Gasteiger partial charge in [-0.15, -0.1) is 0 Å². The highest BCUT2D eigenvalue weighted by Gasteiger charge is 2.28. The Kier molecular flexibility index (Phi) is 5.05. The number of ether oxygens (including phenoxy) is 2. The number of hydrogen-bond donors (Lipinski definition) is 1. The second-order valence-electron chi connectivity index (χ2n) is 4.44. The number of pyridine rings is 1. The normalized spacial score (nSPS) is 11.0. The largest absolute Gasteiger partial charge is 0.484 e. The molecule has 0 atom stereocenters. The fraction of sp³-hybridized carbons (Fsp3) is 0.200. The van der Waals surface area contributed by atoms with Crippen molar-refractivity contribution in [2.75, 3.05) is 19.0 Å². The molecule has 0 saturated carbocycles. The van der Waals surface area contributed by atoms with Crippen LogP contribution in [0.15, 0.2) is 42.6 Å². The predicted molar refractivity (Wildman–Crippen MR) is 76.7 cm³/mol. The van der Waals surface area contributed by atoms with Crippen molar-refractivity contribution in [1.29, 1.82) is 0 Å². The molecule has 1 amide bonds. The van der Waals surface area contributed by atoms with Gasteiger partial charge < -0.3 is 14.8 Å². The summed E-state index contributed by atoms with van der Waals surface area (Å²) >= 11 is 0. The van der Waals surface area contributed by atoms with Gasteiger partial charge in [-0.1, -0.05) is 0 Å². The van der Waals surface area contributed by atoms with E-state index in [9.17, 15) is 18.0 Å². The average Bonchev–Trinajstić information content (AvgIpc) is 2.53. The maximum absolute atomic E-state index is 12.1. The summed E-state index contributed by atoms with van der Waals surface area (Å²) in [7, 11) is 1.39. The van der Waals surface area contributed by atoms with Crippen LogP contribution in [0.2, 0.25) is 0 Å². The molecule has 0 spiro atoms. The summed E-state index contributed by atoms with van der Waals surface area (Å²) in [5.41, 5.74) is 0.646. The van der Waals surface area contributed by atoms with E-state index in [4.69, 9.17) is 4.74 Å². The van der Waals surface area contributed by atoms with Crippen molar-refractivity contribution in [2.45, 2.75) is 6.18 Å². The third-order valence-corrected chi connectivity index (χ3v) is 2.72. The Morgan fingerprint density at radius 1 is 1.22 bits per heavy atom. The molecule has 0 radical (unpaired) electrons. The Balaban J connectivity index is 2.02. The van der Waals surface area contributed by atoms with E-state index >= 15 is 0 Å². The molecule has 122 valence electrons. The van der Waals surface area contributed by atoms with E-state index in [2.05, 4.69) is 15.0 Å². The summed E-state index contributed by atoms with van der Waals surface area (Å²) in [5, 5.41) is 2.60. The van der Waals surface area contributed by atoms with Crippen molar-refractivity contribution >= 4 is 11.6 Å². The van der Waals surface area contributed by atoms with Crippen LogP contribution >= 0.6 is 0 Å². The Morgan fingerprint density at radius 2 is 1.91 bits per heavy atom. The van der Waals surface area contributed by atoms with E-state index in [1.54, 1.807) is 12.1 Å². The summed E-state index contributed by atoms with van der Waals surface area (Å²) < 4.78 is 45.7. The number of halogens is 3. The van der Waals surface area contributed by atoms with Crippen LogP contribution in [0.4, 0.5) is 18.9 Å². The van der Waals surface area contributed by atoms with Crippen molar-refractivity contribution in [3.05, 3.63) is 48.2 Å². The molecule has 0 saturated heterocycles. The number of aromatic nitrogens is 1. The summed E-state index contributed by atoms with van der Waals surface area (Å²) in [4.78, 5) is 16.0. The van der Waals surface area contributed by atoms with E-state index in [0.29, 0.717) is 5.69 Å². The second-order valence-corrected chi connectivity index (χ2v) is 4.44. The predicted octanol–water partition coefficient (Wildman–Crippen LogP) is 3.28. The number of hydrogen-bond acceptors (Lipinski definition) is 4. The van der Waals surface area contributed by atoms with Gasteiger partial charge in [0.15, 0.2) is 6.61 Å². The molecule has 1 heterocycles. The summed E-state index contributed by atoms with van der Waals surface area (Å²) in [5.74, 6) is -0.215. The molecule has 0 aliphatic rings. The minimum Gasteiger partial charge on any atom is -0.484 e. The van der Waals surface area contributed by atoms with Gasteiger partial charge in [0.05, 0.1) is 7.11 Å². The standard InChI is InChI=1S/C15H13F3N2O3/c1-22-14-12(3-2-8-19-14)13(21)20-10-4-6-11(7-5-10)23-9-15(16,17)18/h2-8H,9H2,1H3,(H,20,21). The Morgan fingerprint density at radius 3 is 2.52 bits per heavy atom. The molecule has 1 aromatic heterocycles. The van der Waals surface area contributed by atoms with Crippen molar-refractivity contribution in [1.82, 2.24) is 4.98 Å². The topological polar surface area (TPSA) is 60.5 Å². The number of carbonyl (C=O) groups excluding carboxylic acids is 1. The molecular formula is C15H13F3N2O3. The number of nitrogens with one attached hydrogen (secondary N) is 1. The summed E-state index contributed by atoms with van der Waals surface area (Å²) in [6.45, 7) is -1.37. The first-order valence-electron chi connectivity index (χ1n) is 6.49. The zero-order valence-electron chi connectivity index (χ0n) is 12.1. The van der Waals surface area contributed by atoms with Gasteiger partial charge in [-0.3, -0.25) is 4.79 Å². The zero-order valence-corrected chi connectivity index (χ0v) is 12.1. The van der Waals surface area contributed by atoms with Gasteiger partial charge in [0, 0.05) is 11.9 Å². The minimum absolute atomic E-state index is 0.0549. The molecule has 2 rings (SSSR count). The molecular weight excluding hydrogens is 313 g/mol. The number of alkyl halides is 3. The Bertz CT molecular complexity index is 672. The number of rotatable bonds is 5. The lowest BCUT2D eigenvalue weighted by Gasteiger charge is -2.10. The molecule has 2 aromatic rings. The second kappa shape index (κ2) is 6.99. The molecule has 0 fully saturated rings. The van der Waals surface area contributed by atoms with Gasteiger partial charge in [0.25, 0.3) is 5.91 Å². The Labute approximate surface area is 130 Å². The smallest absolute Gasteiger partial charge is 0.422 e. The number of anilines is 1. The van der Waals surface area contributed by atoms with E-state index in [1.807, 2.05) is 0 Å². The van der Waals surface area contributed by atoms with Gasteiger partial charge in [-0.2, -0.15) is 13.2 Å². The van der Waals surface area contributed by atoms with Gasteiger partial charge in [0.1, 0.15) is 11.3 Å². The molecule has 1 aromatic carbocycles. The SMILES string of the molecule is COc1ncccc1C(=O)Nc1ccc(OCC(F)(F)F)cc1. The molecule has 1 N–H and O–H groups in total. The highest BCUT2D eigenvalue weighted by atomic mass is 19.4. The number of benzene rings is 1. The molecule has 0 unspecified atom stereocenters. The first-order valence-corrected chi connectivity index (χ1v) is 6.49. The molecule has 0 bridgehead atoms. The van der Waals surface area contributed by atoms with Crippen LogP contribution in [-0.4, -0.2) is 30.8 Å². The van der Waals surface area contributed by atoms with Crippen LogP contribution in [0, 0.1) is 0 Å². The highest BCUT2D eigenvalue weighted by molar-refractivity contribution is 6.05. The van der Waals surface area contributed by atoms with E-state index in [-0.39, 0.29) is 17.2 Å². The van der Waals surface area contributed by atoms with Crippen LogP contribution in [0.1, 0.15) is 10.4 Å². The first-order chi connectivity index (χ1) is 10.9. The molecule has 0 aliphatic heterocycles. The molecule has 23 heavy (non-hydrogen) atoms. The summed E-state index contributed by atoms with van der Waals surface area (Å²) in [6.07, 6.45) is -2.91. The minimum atomic E-state index is -4.40. The maximum atomic E-state index is 12.1. The molecule has 5 nitrogen and oxygen atoms in total. The number of nitrogens with zero attached hydrogens (tertiary/aromatic N) is 1. The molecule has 0 aliphatic carbocycles. The fourth-order valence-corrected chi connectivity index (χ4v) is 1.72. The monoisotopic (exact) mass is 326 g/mol. The molecule has 8 heteroatoms. The Hall–Kier alpha value is -2.77. The quantitative estimate of drug-likeness (QED) is 0.916. The van der Waals surface area contributed by atoms with Gasteiger partial charge in [-0.05, 0) is 36.4 Å². The third kappa shape index (κ3) is 4.87. The fourth-order valence-electron chi connectivity index (χ4n) is 1.72. The average molecular weight is 326 g/mol. The number of methoxy groups -OCH3 is 1. The van der Waals surface area contributed by atoms with Gasteiger partial charge in [-0.25, -0.2) is 4.98 Å². The summed E-state index contributed by atoms with van der Waals surface area (Å²) in [6, 6.07) is 8.68. The lowest BCUT2D eigenvalue weighted by atomic mass is 10.2. The maximum Gasteiger partial charge on any atom is 0.422 e. The van der Waals surface area contributed by atoms with E-state index < -0.39 is 18.7 Å². The van der Waals surface area contributed by atoms with Crippen LogP contribution in [-0.2, 0) is 0 Å². The van der Waals surface area contributed by atoms with Crippen molar-refractivity contribution in [3.8, 4) is 11.6 Å². The van der Waals surface area contributed by atoms with E-state index in [0.717, 1.165) is 0 Å². The van der Waals surface area contributed by atoms with Crippen LogP contribution in [0.3, 0.4) is 0 Å². The van der Waals surface area contributed by atoms with Crippen molar-refractivity contribution in [3.63, 3.8) is 0 Å². The van der Waals surface area contributed by atoms with Gasteiger partial charge in [0.2, 0.25) is 5.88 Å². The zero-order chi connectivity index (χ0) is 16.9.